The first kappa shape index (κ1) is 17.4. The Morgan fingerprint density at radius 3 is 1.81 bits per heavy atom. The number of hydrogen-bond acceptors (Lipinski definition) is 6. The molecule has 0 saturated carbocycles. The lowest BCUT2D eigenvalue weighted by molar-refractivity contribution is -0.385. The normalized spacial score (nSPS) is 18.9. The minimum atomic E-state index is -0.467. The lowest BCUT2D eigenvalue weighted by Gasteiger charge is -2.28. The van der Waals surface area contributed by atoms with E-state index in [9.17, 15) is 20.2 Å². The van der Waals surface area contributed by atoms with Gasteiger partial charge in [0.1, 0.15) is 17.6 Å². The molecule has 8 heteroatoms. The predicted molar refractivity (Wildman–Crippen MR) is 93.4 cm³/mol. The first-order valence-electron chi connectivity index (χ1n) is 8.02. The van der Waals surface area contributed by atoms with Crippen molar-refractivity contribution in [1.82, 2.24) is 0 Å². The van der Waals surface area contributed by atoms with E-state index < -0.39 is 9.85 Å². The topological polar surface area (TPSA) is 105 Å². The molecule has 2 aromatic carbocycles. The van der Waals surface area contributed by atoms with Gasteiger partial charge in [0, 0.05) is 24.3 Å². The van der Waals surface area contributed by atoms with Crippen molar-refractivity contribution in [1.29, 1.82) is 0 Å². The summed E-state index contributed by atoms with van der Waals surface area (Å²) in [6.07, 6.45) is 4.81. The fourth-order valence-electron chi connectivity index (χ4n) is 2.64. The van der Waals surface area contributed by atoms with Crippen LogP contribution in [0.2, 0.25) is 0 Å². The lowest BCUT2D eigenvalue weighted by Crippen LogP contribution is -2.36. The van der Waals surface area contributed by atoms with Gasteiger partial charge in [0.05, 0.1) is 9.85 Å². The number of hydrogen-bond donors (Lipinski definition) is 0. The largest absolute Gasteiger partial charge is 0.486 e. The summed E-state index contributed by atoms with van der Waals surface area (Å²) in [5, 5.41) is 21.4. The van der Waals surface area contributed by atoms with E-state index in [2.05, 4.69) is 0 Å². The van der Waals surface area contributed by atoms with Crippen molar-refractivity contribution < 1.29 is 19.3 Å². The smallest absolute Gasteiger partial charge is 0.269 e. The van der Waals surface area contributed by atoms with Gasteiger partial charge in [0.15, 0.2) is 6.10 Å². The van der Waals surface area contributed by atoms with Crippen molar-refractivity contribution in [3.8, 4) is 11.5 Å². The van der Waals surface area contributed by atoms with E-state index in [1.165, 1.54) is 24.3 Å². The van der Waals surface area contributed by atoms with E-state index in [4.69, 9.17) is 9.47 Å². The zero-order valence-corrected chi connectivity index (χ0v) is 13.7. The molecule has 0 aromatic heterocycles. The Morgan fingerprint density at radius 2 is 1.31 bits per heavy atom. The molecule has 0 bridgehead atoms. The van der Waals surface area contributed by atoms with E-state index in [0.717, 1.165) is 12.8 Å². The minimum Gasteiger partial charge on any atom is -0.486 e. The molecule has 8 nitrogen and oxygen atoms in total. The van der Waals surface area contributed by atoms with Gasteiger partial charge >= 0.3 is 0 Å². The number of nitro benzene ring substituents is 2. The molecular formula is C18H16N2O6. The number of allylic oxidation sites excluding steroid dienone is 1. The molecule has 0 spiro atoms. The van der Waals surface area contributed by atoms with E-state index in [-0.39, 0.29) is 23.6 Å². The summed E-state index contributed by atoms with van der Waals surface area (Å²) in [5.74, 6) is 1.03. The molecule has 0 unspecified atom stereocenters. The monoisotopic (exact) mass is 356 g/mol. The molecule has 26 heavy (non-hydrogen) atoms. The number of non-ortho nitro benzene ring substituents is 2. The van der Waals surface area contributed by atoms with Crippen LogP contribution in [0.1, 0.15) is 12.8 Å². The van der Waals surface area contributed by atoms with Crippen molar-refractivity contribution in [3.63, 3.8) is 0 Å². The Hall–Kier alpha value is -3.42. The molecule has 0 fully saturated rings. The highest BCUT2D eigenvalue weighted by Crippen LogP contribution is 2.26. The third-order valence-corrected chi connectivity index (χ3v) is 3.96. The molecule has 1 aliphatic carbocycles. The average Bonchev–Trinajstić information content (AvgIpc) is 2.64. The highest BCUT2D eigenvalue weighted by molar-refractivity contribution is 5.37. The standard InChI is InChI=1S/C18H16N2O6/c21-19(22)13-5-9-15(10-6-13)25-17-3-1-2-4-18(17)26-16-11-7-14(8-12-16)20(23)24/h1,3,5-12,17-18H,2,4H2/t17-,18-/m0/s1. The van der Waals surface area contributed by atoms with Crippen LogP contribution in [-0.4, -0.2) is 22.1 Å². The predicted octanol–water partition coefficient (Wildman–Crippen LogP) is 4.05. The summed E-state index contributed by atoms with van der Waals surface area (Å²) >= 11 is 0. The second kappa shape index (κ2) is 7.64. The van der Waals surface area contributed by atoms with Gasteiger partial charge in [-0.05, 0) is 43.2 Å². The molecule has 3 rings (SSSR count). The molecule has 1 aliphatic rings. The SMILES string of the molecule is O=[N+]([O-])c1ccc(O[C@H]2C=CCC[C@@H]2Oc2ccc([N+](=O)[O-])cc2)cc1. The van der Waals surface area contributed by atoms with Gasteiger partial charge in [-0.2, -0.15) is 0 Å². The summed E-state index contributed by atoms with van der Waals surface area (Å²) in [4.78, 5) is 20.5. The van der Waals surface area contributed by atoms with Crippen LogP contribution >= 0.6 is 0 Å². The summed E-state index contributed by atoms with van der Waals surface area (Å²) < 4.78 is 11.8. The van der Waals surface area contributed by atoms with Gasteiger partial charge in [-0.15, -0.1) is 0 Å². The third-order valence-electron chi connectivity index (χ3n) is 3.96. The van der Waals surface area contributed by atoms with Gasteiger partial charge in [0.2, 0.25) is 0 Å². The number of nitro groups is 2. The quantitative estimate of drug-likeness (QED) is 0.439. The highest BCUT2D eigenvalue weighted by atomic mass is 16.6. The molecule has 2 atom stereocenters. The van der Waals surface area contributed by atoms with Gasteiger partial charge in [0.25, 0.3) is 11.4 Å². The fourth-order valence-corrected chi connectivity index (χ4v) is 2.64. The molecular weight excluding hydrogens is 340 g/mol. The lowest BCUT2D eigenvalue weighted by atomic mass is 10.0. The summed E-state index contributed by atoms with van der Waals surface area (Å²) in [5.41, 5.74) is -0.00483. The minimum absolute atomic E-state index is 0.000398. The Labute approximate surface area is 149 Å². The Morgan fingerprint density at radius 1 is 0.808 bits per heavy atom. The van der Waals surface area contributed by atoms with E-state index in [1.54, 1.807) is 24.3 Å². The summed E-state index contributed by atoms with van der Waals surface area (Å²) in [7, 11) is 0. The Kier molecular flexibility index (Phi) is 5.12. The van der Waals surface area contributed by atoms with Crippen LogP contribution in [0.15, 0.2) is 60.7 Å². The van der Waals surface area contributed by atoms with Crippen LogP contribution in [0.5, 0.6) is 11.5 Å². The summed E-state index contributed by atoms with van der Waals surface area (Å²) in [6.45, 7) is 0. The number of ether oxygens (including phenoxy) is 2. The van der Waals surface area contributed by atoms with Crippen molar-refractivity contribution in [2.24, 2.45) is 0 Å². The first-order chi connectivity index (χ1) is 12.5. The van der Waals surface area contributed by atoms with E-state index in [0.29, 0.717) is 11.5 Å². The fraction of sp³-hybridized carbons (Fsp3) is 0.222. The van der Waals surface area contributed by atoms with Gasteiger partial charge in [-0.1, -0.05) is 6.08 Å². The van der Waals surface area contributed by atoms with Crippen LogP contribution in [0.3, 0.4) is 0 Å². The second-order valence-corrected chi connectivity index (χ2v) is 5.75. The molecule has 2 aromatic rings. The van der Waals surface area contributed by atoms with Crippen LogP contribution in [-0.2, 0) is 0 Å². The van der Waals surface area contributed by atoms with Gasteiger partial charge in [-0.3, -0.25) is 20.2 Å². The maximum Gasteiger partial charge on any atom is 0.269 e. The molecule has 0 radical (unpaired) electrons. The number of nitrogens with zero attached hydrogens (tertiary/aromatic N) is 2. The Balaban J connectivity index is 1.69. The summed E-state index contributed by atoms with van der Waals surface area (Å²) in [6, 6.07) is 11.7. The molecule has 0 aliphatic heterocycles. The zero-order valence-electron chi connectivity index (χ0n) is 13.7. The maximum absolute atomic E-state index is 10.7. The van der Waals surface area contributed by atoms with E-state index >= 15 is 0 Å². The zero-order chi connectivity index (χ0) is 18.5. The average molecular weight is 356 g/mol. The molecule has 0 heterocycles. The Bertz CT molecular complexity index is 817. The number of rotatable bonds is 6. The molecule has 0 saturated heterocycles. The van der Waals surface area contributed by atoms with Crippen LogP contribution in [0.4, 0.5) is 11.4 Å². The van der Waals surface area contributed by atoms with Gasteiger partial charge < -0.3 is 9.47 Å². The second-order valence-electron chi connectivity index (χ2n) is 5.75. The maximum atomic E-state index is 10.7. The first-order valence-corrected chi connectivity index (χ1v) is 8.02. The van der Waals surface area contributed by atoms with Crippen molar-refractivity contribution in [2.75, 3.05) is 0 Å². The van der Waals surface area contributed by atoms with Crippen molar-refractivity contribution in [3.05, 3.63) is 80.9 Å². The number of benzene rings is 2. The molecule has 0 N–H and O–H groups in total. The highest BCUT2D eigenvalue weighted by Gasteiger charge is 2.25. The molecule has 134 valence electrons. The third kappa shape index (κ3) is 4.15. The van der Waals surface area contributed by atoms with Crippen LogP contribution in [0.25, 0.3) is 0 Å². The van der Waals surface area contributed by atoms with Crippen LogP contribution in [0, 0.1) is 20.2 Å². The van der Waals surface area contributed by atoms with Crippen molar-refractivity contribution >= 4 is 11.4 Å². The van der Waals surface area contributed by atoms with Crippen molar-refractivity contribution in [2.45, 2.75) is 25.0 Å². The molecule has 0 amide bonds. The van der Waals surface area contributed by atoms with Crippen LogP contribution < -0.4 is 9.47 Å². The van der Waals surface area contributed by atoms with Gasteiger partial charge in [-0.25, -0.2) is 0 Å². The van der Waals surface area contributed by atoms with E-state index in [1.807, 2.05) is 12.2 Å².